The van der Waals surface area contributed by atoms with E-state index in [0.29, 0.717) is 6.04 Å². The van der Waals surface area contributed by atoms with Gasteiger partial charge in [0.1, 0.15) is 17.5 Å². The van der Waals surface area contributed by atoms with Crippen molar-refractivity contribution in [2.24, 2.45) is 5.92 Å². The van der Waals surface area contributed by atoms with Gasteiger partial charge in [-0.1, -0.05) is 13.8 Å². The lowest BCUT2D eigenvalue weighted by atomic mass is 10.1. The molecule has 0 radical (unpaired) electrons. The molecule has 0 bridgehead atoms. The fraction of sp³-hybridized carbons (Fsp3) is 0.750. The first kappa shape index (κ1) is 15.1. The van der Waals surface area contributed by atoms with Crippen LogP contribution in [-0.4, -0.2) is 22.6 Å². The Balaban J connectivity index is 2.20. The van der Waals surface area contributed by atoms with Gasteiger partial charge in [-0.25, -0.2) is 9.97 Å². The van der Waals surface area contributed by atoms with Crippen LogP contribution in [0.3, 0.4) is 0 Å². The number of aromatic nitrogens is 2. The van der Waals surface area contributed by atoms with Crippen LogP contribution in [0.1, 0.15) is 57.8 Å². The Bertz CT molecular complexity index is 444. The number of nitrogens with zero attached hydrogens (tertiary/aromatic N) is 2. The van der Waals surface area contributed by atoms with Gasteiger partial charge in [0.25, 0.3) is 0 Å². The van der Waals surface area contributed by atoms with Crippen molar-refractivity contribution in [1.82, 2.24) is 9.97 Å². The molecule has 4 nitrogen and oxygen atoms in total. The fourth-order valence-corrected chi connectivity index (χ4v) is 2.91. The van der Waals surface area contributed by atoms with Crippen LogP contribution in [0.4, 0.5) is 11.6 Å². The van der Waals surface area contributed by atoms with E-state index in [0.717, 1.165) is 48.3 Å². The first-order valence-corrected chi connectivity index (χ1v) is 8.01. The highest BCUT2D eigenvalue weighted by Crippen LogP contribution is 2.29. The van der Waals surface area contributed by atoms with Crippen molar-refractivity contribution in [1.29, 1.82) is 0 Å². The SMILES string of the molecule is CCCc1nc(NCC)c(C)c(NC2CCC(C)C2)n1. The molecular weight excluding hydrogens is 248 g/mol. The van der Waals surface area contributed by atoms with Crippen molar-refractivity contribution in [2.45, 2.75) is 65.8 Å². The Labute approximate surface area is 122 Å². The second-order valence-electron chi connectivity index (χ2n) is 6.00. The zero-order valence-corrected chi connectivity index (χ0v) is 13.3. The summed E-state index contributed by atoms with van der Waals surface area (Å²) in [5.74, 6) is 3.79. The molecule has 1 heterocycles. The first-order valence-electron chi connectivity index (χ1n) is 8.01. The third kappa shape index (κ3) is 3.62. The van der Waals surface area contributed by atoms with Gasteiger partial charge in [-0.05, 0) is 45.4 Å². The Hall–Kier alpha value is -1.32. The van der Waals surface area contributed by atoms with Crippen LogP contribution in [0.15, 0.2) is 0 Å². The summed E-state index contributed by atoms with van der Waals surface area (Å²) in [7, 11) is 0. The van der Waals surface area contributed by atoms with Crippen molar-refractivity contribution in [2.75, 3.05) is 17.2 Å². The molecule has 2 atom stereocenters. The quantitative estimate of drug-likeness (QED) is 0.830. The van der Waals surface area contributed by atoms with E-state index in [4.69, 9.17) is 4.98 Å². The molecule has 1 aliphatic carbocycles. The van der Waals surface area contributed by atoms with Crippen LogP contribution < -0.4 is 10.6 Å². The molecule has 20 heavy (non-hydrogen) atoms. The maximum atomic E-state index is 4.73. The Morgan fingerprint density at radius 1 is 1.15 bits per heavy atom. The molecule has 0 aromatic carbocycles. The third-order valence-corrected chi connectivity index (χ3v) is 4.05. The van der Waals surface area contributed by atoms with Gasteiger partial charge in [0.15, 0.2) is 0 Å². The van der Waals surface area contributed by atoms with E-state index in [9.17, 15) is 0 Å². The second-order valence-corrected chi connectivity index (χ2v) is 6.00. The molecule has 1 aromatic rings. The van der Waals surface area contributed by atoms with Crippen LogP contribution in [0, 0.1) is 12.8 Å². The molecule has 1 aliphatic rings. The molecule has 0 spiro atoms. The van der Waals surface area contributed by atoms with Gasteiger partial charge >= 0.3 is 0 Å². The third-order valence-electron chi connectivity index (χ3n) is 4.05. The summed E-state index contributed by atoms with van der Waals surface area (Å²) in [6, 6.07) is 0.572. The van der Waals surface area contributed by atoms with Gasteiger partial charge in [-0.15, -0.1) is 0 Å². The van der Waals surface area contributed by atoms with Crippen LogP contribution in [0.25, 0.3) is 0 Å². The highest BCUT2D eigenvalue weighted by Gasteiger charge is 2.22. The molecule has 4 heteroatoms. The van der Waals surface area contributed by atoms with Gasteiger partial charge < -0.3 is 10.6 Å². The molecule has 2 rings (SSSR count). The summed E-state index contributed by atoms with van der Waals surface area (Å²) >= 11 is 0. The zero-order chi connectivity index (χ0) is 14.5. The molecule has 0 amide bonds. The average molecular weight is 276 g/mol. The van der Waals surface area contributed by atoms with Crippen molar-refractivity contribution in [3.8, 4) is 0 Å². The molecule has 1 saturated carbocycles. The van der Waals surface area contributed by atoms with Gasteiger partial charge in [0.05, 0.1) is 0 Å². The monoisotopic (exact) mass is 276 g/mol. The summed E-state index contributed by atoms with van der Waals surface area (Å²) in [6.45, 7) is 9.60. The highest BCUT2D eigenvalue weighted by molar-refractivity contribution is 5.57. The van der Waals surface area contributed by atoms with Crippen molar-refractivity contribution in [3.05, 3.63) is 11.4 Å². The van der Waals surface area contributed by atoms with Gasteiger partial charge in [-0.2, -0.15) is 0 Å². The normalized spacial score (nSPS) is 22.0. The maximum absolute atomic E-state index is 4.73. The maximum Gasteiger partial charge on any atom is 0.134 e. The average Bonchev–Trinajstić information content (AvgIpc) is 2.81. The topological polar surface area (TPSA) is 49.8 Å². The number of rotatable bonds is 6. The standard InChI is InChI=1S/C16H28N4/c1-5-7-14-19-15(17-6-2)12(4)16(20-14)18-13-9-8-11(3)10-13/h11,13H,5-10H2,1-4H3,(H2,17,18,19,20). The Morgan fingerprint density at radius 2 is 1.90 bits per heavy atom. The van der Waals surface area contributed by atoms with Crippen LogP contribution in [0.2, 0.25) is 0 Å². The van der Waals surface area contributed by atoms with E-state index in [-0.39, 0.29) is 0 Å². The smallest absolute Gasteiger partial charge is 0.134 e. The van der Waals surface area contributed by atoms with Gasteiger partial charge in [-0.3, -0.25) is 0 Å². The fourth-order valence-electron chi connectivity index (χ4n) is 2.91. The summed E-state index contributed by atoms with van der Waals surface area (Å²) < 4.78 is 0. The summed E-state index contributed by atoms with van der Waals surface area (Å²) in [5, 5.41) is 7.00. The van der Waals surface area contributed by atoms with Crippen molar-refractivity contribution >= 4 is 11.6 Å². The lowest BCUT2D eigenvalue weighted by molar-refractivity contribution is 0.602. The van der Waals surface area contributed by atoms with E-state index in [1.165, 1.54) is 19.3 Å². The van der Waals surface area contributed by atoms with Crippen LogP contribution in [-0.2, 0) is 6.42 Å². The number of hydrogen-bond donors (Lipinski definition) is 2. The molecule has 0 aliphatic heterocycles. The number of nitrogens with one attached hydrogen (secondary N) is 2. The van der Waals surface area contributed by atoms with E-state index in [1.807, 2.05) is 0 Å². The summed E-state index contributed by atoms with van der Waals surface area (Å²) in [4.78, 5) is 9.37. The predicted octanol–water partition coefficient (Wildman–Crippen LogP) is 3.77. The molecule has 0 saturated heterocycles. The molecule has 1 fully saturated rings. The Morgan fingerprint density at radius 3 is 2.50 bits per heavy atom. The molecular formula is C16H28N4. The van der Waals surface area contributed by atoms with E-state index in [2.05, 4.69) is 43.3 Å². The van der Waals surface area contributed by atoms with Crippen LogP contribution in [0.5, 0.6) is 0 Å². The predicted molar refractivity (Wildman–Crippen MR) is 85.4 cm³/mol. The van der Waals surface area contributed by atoms with E-state index < -0.39 is 0 Å². The minimum Gasteiger partial charge on any atom is -0.370 e. The largest absolute Gasteiger partial charge is 0.370 e. The lowest BCUT2D eigenvalue weighted by Crippen LogP contribution is -2.19. The van der Waals surface area contributed by atoms with Gasteiger partial charge in [0.2, 0.25) is 0 Å². The summed E-state index contributed by atoms with van der Waals surface area (Å²) in [5.41, 5.74) is 1.14. The Kier molecular flexibility index (Phi) is 5.21. The molecule has 2 N–H and O–H groups in total. The number of hydrogen-bond acceptors (Lipinski definition) is 4. The molecule has 2 unspecified atom stereocenters. The van der Waals surface area contributed by atoms with Gasteiger partial charge in [0, 0.05) is 24.6 Å². The molecule has 1 aromatic heterocycles. The highest BCUT2D eigenvalue weighted by atomic mass is 15.1. The minimum atomic E-state index is 0.572. The zero-order valence-electron chi connectivity index (χ0n) is 13.3. The van der Waals surface area contributed by atoms with Crippen molar-refractivity contribution in [3.63, 3.8) is 0 Å². The van der Waals surface area contributed by atoms with Crippen molar-refractivity contribution < 1.29 is 0 Å². The van der Waals surface area contributed by atoms with E-state index >= 15 is 0 Å². The number of anilines is 2. The first-order chi connectivity index (χ1) is 9.63. The van der Waals surface area contributed by atoms with Crippen LogP contribution >= 0.6 is 0 Å². The lowest BCUT2D eigenvalue weighted by Gasteiger charge is -2.18. The number of aryl methyl sites for hydroxylation is 1. The van der Waals surface area contributed by atoms with E-state index in [1.54, 1.807) is 0 Å². The molecule has 112 valence electrons. The second kappa shape index (κ2) is 6.91. The summed E-state index contributed by atoms with van der Waals surface area (Å²) in [6.07, 6.45) is 5.85. The minimum absolute atomic E-state index is 0.572.